The second-order valence-corrected chi connectivity index (χ2v) is 3.39. The van der Waals surface area contributed by atoms with E-state index in [4.69, 9.17) is 16.9 Å². The number of aromatic nitrogens is 1. The zero-order valence-corrected chi connectivity index (χ0v) is 9.01. The molecule has 0 aliphatic heterocycles. The van der Waals surface area contributed by atoms with Gasteiger partial charge >= 0.3 is 0 Å². The molecule has 0 aliphatic carbocycles. The van der Waals surface area contributed by atoms with Crippen LogP contribution < -0.4 is 10.5 Å². The number of terminal acetylenes is 1. The first-order chi connectivity index (χ1) is 8.22. The lowest BCUT2D eigenvalue weighted by Gasteiger charge is -2.06. The Balaban J connectivity index is 2.54. The van der Waals surface area contributed by atoms with Crippen LogP contribution >= 0.6 is 0 Å². The maximum absolute atomic E-state index is 11.3. The summed E-state index contributed by atoms with van der Waals surface area (Å²) in [6.07, 6.45) is 6.65. The number of fused-ring (bicyclic) bond motifs is 1. The number of hydrogen-bond acceptors (Lipinski definition) is 3. The summed E-state index contributed by atoms with van der Waals surface area (Å²) < 4.78 is 5.28. The van der Waals surface area contributed by atoms with Crippen molar-refractivity contribution < 1.29 is 9.53 Å². The maximum atomic E-state index is 11.3. The van der Waals surface area contributed by atoms with E-state index >= 15 is 0 Å². The quantitative estimate of drug-likeness (QED) is 0.803. The van der Waals surface area contributed by atoms with Gasteiger partial charge in [-0.1, -0.05) is 5.92 Å². The van der Waals surface area contributed by atoms with Gasteiger partial charge in [-0.2, -0.15) is 0 Å². The molecule has 17 heavy (non-hydrogen) atoms. The topological polar surface area (TPSA) is 65.2 Å². The molecule has 1 aromatic carbocycles. The van der Waals surface area contributed by atoms with Crippen LogP contribution in [0.4, 0.5) is 0 Å². The van der Waals surface area contributed by atoms with Crippen molar-refractivity contribution in [2.45, 2.75) is 0 Å². The summed E-state index contributed by atoms with van der Waals surface area (Å²) in [4.78, 5) is 15.4. The Morgan fingerprint density at radius 1 is 1.47 bits per heavy atom. The molecule has 4 heteroatoms. The molecule has 0 saturated carbocycles. The molecule has 0 spiro atoms. The predicted octanol–water partition coefficient (Wildman–Crippen LogP) is 1.35. The van der Waals surface area contributed by atoms with Crippen LogP contribution in [0.2, 0.25) is 0 Å². The van der Waals surface area contributed by atoms with Crippen molar-refractivity contribution in [2.75, 3.05) is 6.61 Å². The third kappa shape index (κ3) is 2.18. The molecule has 4 nitrogen and oxygen atoms in total. The molecule has 0 unspecified atom stereocenters. The smallest absolute Gasteiger partial charge is 0.249 e. The van der Waals surface area contributed by atoms with E-state index in [1.165, 1.54) is 0 Å². The van der Waals surface area contributed by atoms with E-state index in [9.17, 15) is 4.79 Å². The Morgan fingerprint density at radius 3 is 3.00 bits per heavy atom. The molecule has 0 radical (unpaired) electrons. The van der Waals surface area contributed by atoms with Gasteiger partial charge < -0.3 is 10.5 Å². The van der Waals surface area contributed by atoms with E-state index in [1.54, 1.807) is 30.5 Å². The number of amides is 1. The number of primary amides is 1. The second-order valence-electron chi connectivity index (χ2n) is 3.39. The van der Waals surface area contributed by atoms with Crippen LogP contribution in [0.15, 0.2) is 30.5 Å². The first kappa shape index (κ1) is 11.0. The van der Waals surface area contributed by atoms with Crippen molar-refractivity contribution in [3.8, 4) is 18.1 Å². The Kier molecular flexibility index (Phi) is 2.93. The summed E-state index contributed by atoms with van der Waals surface area (Å²) >= 11 is 0. The lowest BCUT2D eigenvalue weighted by molar-refractivity contribution is 0.100. The number of pyridine rings is 1. The van der Waals surface area contributed by atoms with Gasteiger partial charge in [0.25, 0.3) is 0 Å². The SMILES string of the molecule is C#CCOc1ccc2nccc(C(N)=O)c2c1. The van der Waals surface area contributed by atoms with Crippen molar-refractivity contribution in [3.63, 3.8) is 0 Å². The molecule has 0 aliphatic rings. The van der Waals surface area contributed by atoms with Gasteiger partial charge in [0, 0.05) is 11.6 Å². The fraction of sp³-hybridized carbons (Fsp3) is 0.0769. The highest BCUT2D eigenvalue weighted by Gasteiger charge is 2.07. The first-order valence-electron chi connectivity index (χ1n) is 4.97. The third-order valence-corrected chi connectivity index (χ3v) is 2.30. The van der Waals surface area contributed by atoms with Crippen LogP contribution in [-0.2, 0) is 0 Å². The van der Waals surface area contributed by atoms with Gasteiger partial charge in [0.15, 0.2) is 0 Å². The van der Waals surface area contributed by atoms with Gasteiger partial charge in [-0.3, -0.25) is 9.78 Å². The van der Waals surface area contributed by atoms with Crippen molar-refractivity contribution in [3.05, 3.63) is 36.0 Å². The van der Waals surface area contributed by atoms with Crippen LogP contribution in [0.3, 0.4) is 0 Å². The van der Waals surface area contributed by atoms with Crippen molar-refractivity contribution in [1.29, 1.82) is 0 Å². The molecule has 2 rings (SSSR count). The van der Waals surface area contributed by atoms with Gasteiger partial charge in [0.1, 0.15) is 12.4 Å². The minimum atomic E-state index is -0.494. The van der Waals surface area contributed by atoms with Crippen LogP contribution in [0.5, 0.6) is 5.75 Å². The van der Waals surface area contributed by atoms with Crippen molar-refractivity contribution in [1.82, 2.24) is 4.98 Å². The second kappa shape index (κ2) is 4.54. The summed E-state index contributed by atoms with van der Waals surface area (Å²) in [6.45, 7) is 0.178. The van der Waals surface area contributed by atoms with E-state index < -0.39 is 5.91 Å². The van der Waals surface area contributed by atoms with Crippen LogP contribution in [0.25, 0.3) is 10.9 Å². The molecule has 1 heterocycles. The molecule has 0 fully saturated rings. The van der Waals surface area contributed by atoms with Gasteiger partial charge in [-0.15, -0.1) is 6.42 Å². The average molecular weight is 226 g/mol. The Hall–Kier alpha value is -2.54. The summed E-state index contributed by atoms with van der Waals surface area (Å²) in [5.74, 6) is 2.47. The summed E-state index contributed by atoms with van der Waals surface area (Å²) in [6, 6.07) is 6.79. The lowest BCUT2D eigenvalue weighted by Crippen LogP contribution is -2.11. The van der Waals surface area contributed by atoms with E-state index in [2.05, 4.69) is 10.9 Å². The first-order valence-corrected chi connectivity index (χ1v) is 4.97. The van der Waals surface area contributed by atoms with Crippen molar-refractivity contribution in [2.24, 2.45) is 5.73 Å². The molecular weight excluding hydrogens is 216 g/mol. The molecule has 1 amide bonds. The monoisotopic (exact) mass is 226 g/mol. The van der Waals surface area contributed by atoms with Gasteiger partial charge in [0.05, 0.1) is 11.1 Å². The van der Waals surface area contributed by atoms with Gasteiger partial charge in [-0.25, -0.2) is 0 Å². The molecule has 0 bridgehead atoms. The number of nitrogens with two attached hydrogens (primary N) is 1. The highest BCUT2D eigenvalue weighted by molar-refractivity contribution is 6.05. The lowest BCUT2D eigenvalue weighted by atomic mass is 10.1. The number of carbonyl (C=O) groups is 1. The van der Waals surface area contributed by atoms with Gasteiger partial charge in [0.2, 0.25) is 5.91 Å². The molecule has 1 aromatic heterocycles. The van der Waals surface area contributed by atoms with E-state index in [-0.39, 0.29) is 6.61 Å². The number of nitrogens with zero attached hydrogens (tertiary/aromatic N) is 1. The number of rotatable bonds is 3. The molecule has 0 saturated heterocycles. The molecule has 2 aromatic rings. The predicted molar refractivity (Wildman–Crippen MR) is 64.6 cm³/mol. The van der Waals surface area contributed by atoms with Crippen LogP contribution in [-0.4, -0.2) is 17.5 Å². The fourth-order valence-corrected chi connectivity index (χ4v) is 1.55. The summed E-state index contributed by atoms with van der Waals surface area (Å²) in [5.41, 5.74) is 6.40. The number of hydrogen-bond donors (Lipinski definition) is 1. The van der Waals surface area contributed by atoms with E-state index in [1.807, 2.05) is 0 Å². The Bertz CT molecular complexity index is 614. The molecule has 2 N–H and O–H groups in total. The van der Waals surface area contributed by atoms with Crippen LogP contribution in [0.1, 0.15) is 10.4 Å². The van der Waals surface area contributed by atoms with Crippen molar-refractivity contribution >= 4 is 16.8 Å². The van der Waals surface area contributed by atoms with E-state index in [0.29, 0.717) is 22.2 Å². The zero-order chi connectivity index (χ0) is 12.3. The van der Waals surface area contributed by atoms with Gasteiger partial charge in [-0.05, 0) is 24.3 Å². The fourth-order valence-electron chi connectivity index (χ4n) is 1.55. The average Bonchev–Trinajstić information content (AvgIpc) is 2.35. The minimum Gasteiger partial charge on any atom is -0.481 e. The zero-order valence-electron chi connectivity index (χ0n) is 9.01. The highest BCUT2D eigenvalue weighted by Crippen LogP contribution is 2.22. The van der Waals surface area contributed by atoms with E-state index in [0.717, 1.165) is 0 Å². The van der Waals surface area contributed by atoms with Crippen LogP contribution in [0, 0.1) is 12.3 Å². The Labute approximate surface area is 98.4 Å². The number of ether oxygens (including phenoxy) is 1. The molecule has 84 valence electrons. The normalized spacial score (nSPS) is 9.82. The molecular formula is C13H10N2O2. The molecule has 0 atom stereocenters. The largest absolute Gasteiger partial charge is 0.481 e. The standard InChI is InChI=1S/C13H10N2O2/c1-2-7-17-9-3-4-12-11(8-9)10(13(14)16)5-6-15-12/h1,3-6,8H,7H2,(H2,14,16). The summed E-state index contributed by atoms with van der Waals surface area (Å²) in [5, 5.41) is 0.662. The summed E-state index contributed by atoms with van der Waals surface area (Å²) in [7, 11) is 0. The minimum absolute atomic E-state index is 0.178. The Morgan fingerprint density at radius 2 is 2.29 bits per heavy atom. The third-order valence-electron chi connectivity index (χ3n) is 2.30. The number of benzene rings is 1. The highest BCUT2D eigenvalue weighted by atomic mass is 16.5. The number of carbonyl (C=O) groups excluding carboxylic acids is 1. The maximum Gasteiger partial charge on any atom is 0.249 e.